The van der Waals surface area contributed by atoms with Gasteiger partial charge in [-0.2, -0.15) is 0 Å². The zero-order chi connectivity index (χ0) is 24.3. The molecule has 4 heterocycles. The van der Waals surface area contributed by atoms with Gasteiger partial charge < -0.3 is 19.7 Å². The van der Waals surface area contributed by atoms with E-state index in [4.69, 9.17) is 14.6 Å². The minimum absolute atomic E-state index is 0.550. The van der Waals surface area contributed by atoms with E-state index in [1.54, 1.807) is 7.11 Å². The molecule has 36 heavy (non-hydrogen) atoms. The maximum absolute atomic E-state index is 5.56. The molecule has 186 valence electrons. The molecule has 8 nitrogen and oxygen atoms in total. The first kappa shape index (κ1) is 22.8. The number of anilines is 3. The van der Waals surface area contributed by atoms with Crippen molar-refractivity contribution in [2.24, 2.45) is 0 Å². The molecule has 2 saturated heterocycles. The monoisotopic (exact) mass is 484 g/mol. The molecule has 2 aliphatic rings. The number of rotatable bonds is 6. The lowest BCUT2D eigenvalue weighted by Gasteiger charge is -2.40. The van der Waals surface area contributed by atoms with Gasteiger partial charge in [0, 0.05) is 49.2 Å². The highest BCUT2D eigenvalue weighted by molar-refractivity contribution is 5.72. The molecule has 0 atom stereocenters. The second-order valence-electron chi connectivity index (χ2n) is 9.38. The summed E-state index contributed by atoms with van der Waals surface area (Å²) >= 11 is 0. The zero-order valence-corrected chi connectivity index (χ0v) is 20.6. The van der Waals surface area contributed by atoms with Crippen molar-refractivity contribution in [3.8, 4) is 17.0 Å². The van der Waals surface area contributed by atoms with Crippen LogP contribution in [0.1, 0.15) is 12.8 Å². The van der Waals surface area contributed by atoms with Gasteiger partial charge in [0.25, 0.3) is 0 Å². The van der Waals surface area contributed by atoms with Crippen LogP contribution in [0.5, 0.6) is 5.75 Å². The molecule has 0 saturated carbocycles. The highest BCUT2D eigenvalue weighted by Crippen LogP contribution is 2.31. The zero-order valence-electron chi connectivity index (χ0n) is 20.6. The van der Waals surface area contributed by atoms with E-state index in [9.17, 15) is 0 Å². The van der Waals surface area contributed by atoms with E-state index in [0.29, 0.717) is 12.0 Å². The summed E-state index contributed by atoms with van der Waals surface area (Å²) in [6.07, 6.45) is 4.25. The Kier molecular flexibility index (Phi) is 6.44. The van der Waals surface area contributed by atoms with Gasteiger partial charge in [0.1, 0.15) is 5.75 Å². The van der Waals surface area contributed by atoms with E-state index >= 15 is 0 Å². The third kappa shape index (κ3) is 4.62. The smallest absolute Gasteiger partial charge is 0.245 e. The van der Waals surface area contributed by atoms with Crippen LogP contribution in [0, 0.1) is 0 Å². The highest BCUT2D eigenvalue weighted by atomic mass is 16.5. The van der Waals surface area contributed by atoms with Crippen molar-refractivity contribution in [1.82, 2.24) is 19.5 Å². The Hall–Kier alpha value is -3.62. The summed E-state index contributed by atoms with van der Waals surface area (Å²) in [7, 11) is 1.69. The van der Waals surface area contributed by atoms with Crippen molar-refractivity contribution in [3.05, 3.63) is 66.9 Å². The quantitative estimate of drug-likeness (QED) is 0.434. The van der Waals surface area contributed by atoms with E-state index in [1.807, 2.05) is 47.1 Å². The van der Waals surface area contributed by atoms with Gasteiger partial charge in [-0.05, 0) is 61.4 Å². The first-order valence-electron chi connectivity index (χ1n) is 12.7. The predicted octanol–water partition coefficient (Wildman–Crippen LogP) is 4.45. The molecule has 2 fully saturated rings. The third-order valence-electron chi connectivity index (χ3n) is 7.30. The lowest BCUT2D eigenvalue weighted by Crippen LogP contribution is -2.49. The molecule has 0 aliphatic carbocycles. The van der Waals surface area contributed by atoms with Crippen LogP contribution in [0.4, 0.5) is 17.3 Å². The number of nitrogens with one attached hydrogen (secondary N) is 1. The topological polar surface area (TPSA) is 67.2 Å². The van der Waals surface area contributed by atoms with Crippen LogP contribution in [0.3, 0.4) is 0 Å². The second-order valence-corrected chi connectivity index (χ2v) is 9.38. The summed E-state index contributed by atoms with van der Waals surface area (Å²) in [6, 6.07) is 21.3. The Bertz CT molecular complexity index is 1310. The normalized spacial score (nSPS) is 17.4. The van der Waals surface area contributed by atoms with Gasteiger partial charge in [0.15, 0.2) is 0 Å². The Morgan fingerprint density at radius 3 is 2.47 bits per heavy atom. The molecule has 2 aromatic heterocycles. The van der Waals surface area contributed by atoms with Gasteiger partial charge >= 0.3 is 0 Å². The van der Waals surface area contributed by atoms with Crippen LogP contribution in [0.15, 0.2) is 66.9 Å². The van der Waals surface area contributed by atoms with Crippen molar-refractivity contribution in [3.63, 3.8) is 0 Å². The first-order chi connectivity index (χ1) is 17.8. The van der Waals surface area contributed by atoms with E-state index < -0.39 is 0 Å². The first-order valence-corrected chi connectivity index (χ1v) is 12.7. The fraction of sp³-hybridized carbons (Fsp3) is 0.357. The summed E-state index contributed by atoms with van der Waals surface area (Å²) in [5.74, 6) is 1.36. The summed E-state index contributed by atoms with van der Waals surface area (Å²) in [6.45, 7) is 6.07. The minimum atomic E-state index is 0.550. The number of para-hydroxylation sites is 1. The Balaban J connectivity index is 1.14. The molecular formula is C28H32N6O2. The predicted molar refractivity (Wildman–Crippen MR) is 142 cm³/mol. The van der Waals surface area contributed by atoms with Crippen molar-refractivity contribution >= 4 is 22.8 Å². The summed E-state index contributed by atoms with van der Waals surface area (Å²) < 4.78 is 13.0. The number of benzene rings is 2. The Morgan fingerprint density at radius 1 is 0.917 bits per heavy atom. The van der Waals surface area contributed by atoms with Crippen molar-refractivity contribution in [1.29, 1.82) is 0 Å². The molecule has 0 bridgehead atoms. The van der Waals surface area contributed by atoms with Gasteiger partial charge in [-0.15, -0.1) is 5.10 Å². The molecule has 2 aromatic carbocycles. The summed E-state index contributed by atoms with van der Waals surface area (Å²) in [5.41, 5.74) is 5.11. The maximum atomic E-state index is 5.56. The van der Waals surface area contributed by atoms with Crippen LogP contribution >= 0.6 is 0 Å². The van der Waals surface area contributed by atoms with Crippen LogP contribution in [-0.4, -0.2) is 72.0 Å². The third-order valence-corrected chi connectivity index (χ3v) is 7.30. The van der Waals surface area contributed by atoms with Crippen LogP contribution in [0.25, 0.3) is 16.8 Å². The van der Waals surface area contributed by atoms with Gasteiger partial charge in [-0.3, -0.25) is 4.90 Å². The number of hydrogen-bond donors (Lipinski definition) is 1. The minimum Gasteiger partial charge on any atom is -0.496 e. The van der Waals surface area contributed by atoms with Crippen LogP contribution in [-0.2, 0) is 4.74 Å². The number of ether oxygens (including phenoxy) is 2. The molecular weight excluding hydrogens is 452 g/mol. The number of methoxy groups -OCH3 is 1. The lowest BCUT2D eigenvalue weighted by atomic mass is 10.0. The largest absolute Gasteiger partial charge is 0.496 e. The number of hydrogen-bond acceptors (Lipinski definition) is 7. The average Bonchev–Trinajstić information content (AvgIpc) is 3.37. The number of fused-ring (bicyclic) bond motifs is 1. The van der Waals surface area contributed by atoms with E-state index in [0.717, 1.165) is 67.6 Å². The molecule has 0 radical (unpaired) electrons. The number of piperidine rings is 1. The van der Waals surface area contributed by atoms with Crippen molar-refractivity contribution < 1.29 is 9.47 Å². The van der Waals surface area contributed by atoms with Gasteiger partial charge in [-0.25, -0.2) is 9.50 Å². The van der Waals surface area contributed by atoms with Crippen molar-refractivity contribution in [2.45, 2.75) is 18.9 Å². The molecule has 0 spiro atoms. The number of morpholine rings is 1. The van der Waals surface area contributed by atoms with E-state index in [2.05, 4.69) is 44.4 Å². The Morgan fingerprint density at radius 2 is 1.69 bits per heavy atom. The molecule has 0 unspecified atom stereocenters. The number of nitrogens with zero attached hydrogens (tertiary/aromatic N) is 5. The molecule has 6 rings (SSSR count). The van der Waals surface area contributed by atoms with Crippen LogP contribution < -0.4 is 15.0 Å². The maximum Gasteiger partial charge on any atom is 0.245 e. The summed E-state index contributed by atoms with van der Waals surface area (Å²) in [4.78, 5) is 9.61. The van der Waals surface area contributed by atoms with Gasteiger partial charge in [-0.1, -0.05) is 12.1 Å². The second kappa shape index (κ2) is 10.2. The fourth-order valence-corrected chi connectivity index (χ4v) is 5.34. The molecule has 8 heteroatoms. The summed E-state index contributed by atoms with van der Waals surface area (Å²) in [5, 5.41) is 8.12. The SMILES string of the molecule is COc1ccccc1-c1ccc2cnc(Nc3ccc(N4CCC(N5CCOCC5)CC4)cc3)nn12. The van der Waals surface area contributed by atoms with Gasteiger partial charge in [0.2, 0.25) is 5.95 Å². The van der Waals surface area contributed by atoms with Gasteiger partial charge in [0.05, 0.1) is 37.7 Å². The molecule has 4 aromatic rings. The fourth-order valence-electron chi connectivity index (χ4n) is 5.34. The van der Waals surface area contributed by atoms with E-state index in [-0.39, 0.29) is 0 Å². The lowest BCUT2D eigenvalue weighted by molar-refractivity contribution is 0.0115. The molecule has 2 aliphatic heterocycles. The standard InChI is InChI=1S/C28H32N6O2/c1-35-27-5-3-2-4-25(27)26-11-10-24-20-29-28(31-34(24)26)30-21-6-8-22(9-7-21)32-14-12-23(13-15-32)33-16-18-36-19-17-33/h2-11,20,23H,12-19H2,1H3,(H,30,31). The number of aromatic nitrogens is 3. The highest BCUT2D eigenvalue weighted by Gasteiger charge is 2.25. The molecule has 1 N–H and O–H groups in total. The Labute approximate surface area is 211 Å². The average molecular weight is 485 g/mol. The van der Waals surface area contributed by atoms with E-state index in [1.165, 1.54) is 18.5 Å². The van der Waals surface area contributed by atoms with Crippen LogP contribution in [0.2, 0.25) is 0 Å². The van der Waals surface area contributed by atoms with Crippen molar-refractivity contribution in [2.75, 3.05) is 56.7 Å². The molecule has 0 amide bonds.